The number of rotatable bonds is 11. The molecule has 0 saturated carbocycles. The molecular formula is C19H11F19O. The van der Waals surface area contributed by atoms with Crippen LogP contribution in [0.5, 0.6) is 5.75 Å². The maximum absolute atomic E-state index is 13.9. The summed E-state index contributed by atoms with van der Waals surface area (Å²) in [5.41, 5.74) is -0.164. The van der Waals surface area contributed by atoms with Gasteiger partial charge in [-0.05, 0) is 18.1 Å². The van der Waals surface area contributed by atoms with Crippen molar-refractivity contribution in [3.8, 4) is 5.75 Å². The molecule has 0 radical (unpaired) electrons. The number of alkyl halides is 17. The fraction of sp³-hybridized carbons (Fsp3) is 0.579. The predicted molar refractivity (Wildman–Crippen MR) is 91.0 cm³/mol. The first-order chi connectivity index (χ1) is 17.1. The van der Waals surface area contributed by atoms with Gasteiger partial charge in [0, 0.05) is 0 Å². The number of hydrogen-bond acceptors (Lipinski definition) is 1. The van der Waals surface area contributed by atoms with E-state index in [1.807, 2.05) is 0 Å². The summed E-state index contributed by atoms with van der Waals surface area (Å²) in [6, 6.07) is 0.313. The van der Waals surface area contributed by atoms with Crippen LogP contribution in [0.15, 0.2) is 36.1 Å². The third-order valence-corrected chi connectivity index (χ3v) is 4.86. The van der Waals surface area contributed by atoms with Crippen LogP contribution in [0.3, 0.4) is 0 Å². The lowest BCUT2D eigenvalue weighted by Crippen LogP contribution is -2.74. The van der Waals surface area contributed by atoms with Crippen molar-refractivity contribution in [1.82, 2.24) is 0 Å². The molecule has 0 aliphatic rings. The van der Waals surface area contributed by atoms with Crippen molar-refractivity contribution in [2.75, 3.05) is 0 Å². The predicted octanol–water partition coefficient (Wildman–Crippen LogP) is 9.14. The monoisotopic (exact) mass is 616 g/mol. The highest BCUT2D eigenvalue weighted by Gasteiger charge is 2.95. The summed E-state index contributed by atoms with van der Waals surface area (Å²) in [6.07, 6.45) is -7.81. The summed E-state index contributed by atoms with van der Waals surface area (Å²) >= 11 is 0. The number of benzene rings is 1. The molecule has 20 heteroatoms. The van der Waals surface area contributed by atoms with E-state index in [0.717, 1.165) is 12.1 Å². The fourth-order valence-corrected chi connectivity index (χ4v) is 2.65. The Balaban J connectivity index is 3.67. The number of hydrogen-bond donors (Lipinski definition) is 0. The Morgan fingerprint density at radius 1 is 0.590 bits per heavy atom. The molecule has 1 rings (SSSR count). The van der Waals surface area contributed by atoms with Gasteiger partial charge < -0.3 is 4.74 Å². The molecule has 0 spiro atoms. The van der Waals surface area contributed by atoms with E-state index in [9.17, 15) is 83.4 Å². The lowest BCUT2D eigenvalue weighted by Gasteiger charge is -2.42. The second kappa shape index (κ2) is 10.1. The second-order valence-electron chi connectivity index (χ2n) is 7.57. The lowest BCUT2D eigenvalue weighted by molar-refractivity contribution is -0.460. The van der Waals surface area contributed by atoms with Gasteiger partial charge in [0.1, 0.15) is 5.75 Å². The smallest absolute Gasteiger partial charge is 0.429 e. The molecule has 1 aromatic rings. The van der Waals surface area contributed by atoms with E-state index in [1.54, 1.807) is 0 Å². The normalized spacial score (nSPS) is 15.8. The van der Waals surface area contributed by atoms with Gasteiger partial charge in [-0.2, -0.15) is 83.4 Å². The average molecular weight is 616 g/mol. The zero-order chi connectivity index (χ0) is 31.3. The summed E-state index contributed by atoms with van der Waals surface area (Å²) < 4.78 is 256. The van der Waals surface area contributed by atoms with Crippen LogP contribution >= 0.6 is 0 Å². The number of aryl methyl sites for hydroxylation is 1. The van der Waals surface area contributed by atoms with Gasteiger partial charge in [0.25, 0.3) is 0 Å². The van der Waals surface area contributed by atoms with Crippen LogP contribution in [0.4, 0.5) is 83.4 Å². The van der Waals surface area contributed by atoms with E-state index in [2.05, 4.69) is 4.74 Å². The van der Waals surface area contributed by atoms with Crippen molar-refractivity contribution in [1.29, 1.82) is 0 Å². The second-order valence-corrected chi connectivity index (χ2v) is 7.57. The molecule has 0 amide bonds. The Kier molecular flexibility index (Phi) is 8.94. The Morgan fingerprint density at radius 2 is 0.974 bits per heavy atom. The molecule has 0 aliphatic carbocycles. The topological polar surface area (TPSA) is 9.23 Å². The quantitative estimate of drug-likeness (QED) is 0.178. The van der Waals surface area contributed by atoms with E-state index < -0.39 is 65.2 Å². The summed E-state index contributed by atoms with van der Waals surface area (Å²) in [4.78, 5) is 0. The van der Waals surface area contributed by atoms with Gasteiger partial charge in [0.15, 0.2) is 0 Å². The van der Waals surface area contributed by atoms with Gasteiger partial charge in [-0.1, -0.05) is 31.5 Å². The van der Waals surface area contributed by atoms with Crippen LogP contribution < -0.4 is 4.74 Å². The summed E-state index contributed by atoms with van der Waals surface area (Å²) in [5, 5.41) is 0. The highest BCUT2D eigenvalue weighted by Crippen LogP contribution is 2.64. The summed E-state index contributed by atoms with van der Waals surface area (Å²) in [7, 11) is 0. The number of ether oxygens (including phenoxy) is 1. The van der Waals surface area contributed by atoms with Crippen LogP contribution in [0.1, 0.15) is 18.9 Å². The van der Waals surface area contributed by atoms with Crippen molar-refractivity contribution < 1.29 is 88.2 Å². The van der Waals surface area contributed by atoms with E-state index in [4.69, 9.17) is 0 Å². The van der Waals surface area contributed by atoms with Crippen molar-refractivity contribution in [3.63, 3.8) is 0 Å². The van der Waals surface area contributed by atoms with Crippen molar-refractivity contribution >= 4 is 0 Å². The largest absolute Gasteiger partial charge is 0.460 e. The van der Waals surface area contributed by atoms with Gasteiger partial charge in [0.2, 0.25) is 5.83 Å². The molecule has 0 N–H and O–H groups in total. The Hall–Kier alpha value is -2.57. The van der Waals surface area contributed by atoms with Crippen LogP contribution in [-0.4, -0.2) is 47.6 Å². The molecule has 39 heavy (non-hydrogen) atoms. The minimum atomic E-state index is -8.91. The van der Waals surface area contributed by atoms with E-state index in [-0.39, 0.29) is 18.4 Å². The molecule has 0 unspecified atom stereocenters. The summed E-state index contributed by atoms with van der Waals surface area (Å²) in [6.45, 7) is 1.46. The third-order valence-electron chi connectivity index (χ3n) is 4.86. The number of allylic oxidation sites excluding steroid dienone is 1. The maximum Gasteiger partial charge on any atom is 0.460 e. The van der Waals surface area contributed by atoms with Gasteiger partial charge in [-0.3, -0.25) is 0 Å². The standard InChI is InChI=1S/C19H11F19O/c1-2-5-8-6-3-4-7-9(8)39-11(21)10(20)12(22,23)13(24,25)14(26,27)15(28,29)16(30,31)17(32,33)18(34,35)19(36,37)38/h3-4,6-7H,2,5H2,1H3. The molecule has 0 aromatic heterocycles. The lowest BCUT2D eigenvalue weighted by atomic mass is 9.88. The first-order valence-corrected chi connectivity index (χ1v) is 9.64. The molecule has 0 aliphatic heterocycles. The molecule has 0 saturated heterocycles. The van der Waals surface area contributed by atoms with Gasteiger partial charge >= 0.3 is 53.6 Å². The summed E-state index contributed by atoms with van der Waals surface area (Å²) in [5.74, 6) is -65.1. The molecule has 0 fully saturated rings. The molecule has 0 bridgehead atoms. The zero-order valence-electron chi connectivity index (χ0n) is 18.3. The zero-order valence-corrected chi connectivity index (χ0v) is 18.3. The van der Waals surface area contributed by atoms with Gasteiger partial charge in [-0.25, -0.2) is 0 Å². The molecule has 226 valence electrons. The van der Waals surface area contributed by atoms with Gasteiger partial charge in [-0.15, -0.1) is 0 Å². The highest BCUT2D eigenvalue weighted by molar-refractivity contribution is 5.35. The van der Waals surface area contributed by atoms with Crippen LogP contribution in [-0.2, 0) is 6.42 Å². The first kappa shape index (κ1) is 34.5. The first-order valence-electron chi connectivity index (χ1n) is 9.64. The molecular weight excluding hydrogens is 605 g/mol. The van der Waals surface area contributed by atoms with E-state index >= 15 is 0 Å². The average Bonchev–Trinajstić information content (AvgIpc) is 2.78. The Bertz CT molecular complexity index is 1050. The van der Waals surface area contributed by atoms with Gasteiger partial charge in [0.05, 0.1) is 0 Å². The molecule has 0 atom stereocenters. The van der Waals surface area contributed by atoms with Crippen LogP contribution in [0.25, 0.3) is 0 Å². The van der Waals surface area contributed by atoms with Crippen LogP contribution in [0, 0.1) is 0 Å². The number of para-hydroxylation sites is 1. The molecule has 1 nitrogen and oxygen atoms in total. The van der Waals surface area contributed by atoms with E-state index in [0.29, 0.717) is 6.07 Å². The SMILES string of the molecule is CCCc1ccccc1OC(F)=C(F)C(F)(F)C(F)(F)C(F)(F)C(F)(F)C(F)(F)C(F)(F)C(F)(F)C(F)(F)F. The molecule has 1 aromatic carbocycles. The van der Waals surface area contributed by atoms with Crippen molar-refractivity contribution in [2.24, 2.45) is 0 Å². The van der Waals surface area contributed by atoms with Crippen molar-refractivity contribution in [2.45, 2.75) is 67.4 Å². The van der Waals surface area contributed by atoms with Crippen LogP contribution in [0.2, 0.25) is 0 Å². The Morgan fingerprint density at radius 3 is 1.38 bits per heavy atom. The highest BCUT2D eigenvalue weighted by atomic mass is 19.4. The minimum absolute atomic E-state index is 0.103. The van der Waals surface area contributed by atoms with E-state index in [1.165, 1.54) is 13.0 Å². The number of halogens is 19. The maximum atomic E-state index is 13.9. The fourth-order valence-electron chi connectivity index (χ4n) is 2.65. The molecule has 0 heterocycles. The minimum Gasteiger partial charge on any atom is -0.429 e. The third kappa shape index (κ3) is 5.06. The van der Waals surface area contributed by atoms with Crippen molar-refractivity contribution in [3.05, 3.63) is 41.7 Å². The Labute approximate surface area is 204 Å².